The van der Waals surface area contributed by atoms with E-state index in [0.717, 1.165) is 75.5 Å². The zero-order valence-corrected chi connectivity index (χ0v) is 19.9. The third-order valence-electron chi connectivity index (χ3n) is 7.23. The Bertz CT molecular complexity index is 1090. The largest absolute Gasteiger partial charge is 0.312 e. The summed E-state index contributed by atoms with van der Waals surface area (Å²) in [6, 6.07) is 11.1. The summed E-state index contributed by atoms with van der Waals surface area (Å²) in [6.45, 7) is 3.71. The Morgan fingerprint density at radius 3 is 1.91 bits per heavy atom. The molecule has 0 radical (unpaired) electrons. The van der Waals surface area contributed by atoms with Gasteiger partial charge in [-0.3, -0.25) is 29.9 Å². The average molecular weight is 481 g/mol. The maximum atomic E-state index is 10.8. The van der Waals surface area contributed by atoms with Crippen LogP contribution in [0.25, 0.3) is 0 Å². The van der Waals surface area contributed by atoms with Crippen molar-refractivity contribution in [1.82, 2.24) is 10.2 Å². The number of rotatable bonds is 3. The Morgan fingerprint density at radius 1 is 0.800 bits per heavy atom. The molecule has 2 heterocycles. The van der Waals surface area contributed by atoms with E-state index in [1.54, 1.807) is 24.3 Å². The summed E-state index contributed by atoms with van der Waals surface area (Å²) >= 11 is 0. The van der Waals surface area contributed by atoms with Crippen LogP contribution >= 0.6 is 0 Å². The number of fused-ring (bicyclic) bond motifs is 2. The van der Waals surface area contributed by atoms with Crippen molar-refractivity contribution in [3.63, 3.8) is 0 Å². The number of hydrogen-bond acceptors (Lipinski definition) is 7. The lowest BCUT2D eigenvalue weighted by atomic mass is 9.88. The quantitative estimate of drug-likeness (QED) is 0.508. The molecule has 0 bridgehead atoms. The van der Waals surface area contributed by atoms with Gasteiger partial charge < -0.3 is 5.32 Å². The highest BCUT2D eigenvalue weighted by molar-refractivity contribution is 5.83. The number of nitrogens with zero attached hydrogens (tertiary/aromatic N) is 3. The zero-order valence-electron chi connectivity index (χ0n) is 19.9. The number of ketones is 1. The van der Waals surface area contributed by atoms with Crippen molar-refractivity contribution in [2.75, 3.05) is 13.1 Å². The molecule has 0 amide bonds. The number of carbonyl (C=O) groups is 1. The van der Waals surface area contributed by atoms with Gasteiger partial charge in [0.25, 0.3) is 11.4 Å². The molecule has 0 unspecified atom stereocenters. The van der Waals surface area contributed by atoms with Crippen molar-refractivity contribution >= 4 is 17.2 Å². The monoisotopic (exact) mass is 480 g/mol. The van der Waals surface area contributed by atoms with E-state index < -0.39 is 0 Å². The van der Waals surface area contributed by atoms with Crippen LogP contribution in [-0.2, 0) is 30.7 Å². The molecule has 0 saturated heterocycles. The second kappa shape index (κ2) is 11.5. The number of Topliss-reactive ketones (excluding diaryl/α,β-unsaturated/α-hetero) is 1. The van der Waals surface area contributed by atoms with Crippen LogP contribution in [0.2, 0.25) is 0 Å². The van der Waals surface area contributed by atoms with E-state index in [1.807, 2.05) is 12.1 Å². The average Bonchev–Trinajstić information content (AvgIpc) is 2.81. The topological polar surface area (TPSA) is 119 Å². The van der Waals surface area contributed by atoms with Crippen LogP contribution in [0.1, 0.15) is 60.8 Å². The van der Waals surface area contributed by atoms with Crippen molar-refractivity contribution in [2.24, 2.45) is 0 Å². The lowest BCUT2D eigenvalue weighted by Crippen LogP contribution is -2.42. The summed E-state index contributed by atoms with van der Waals surface area (Å²) in [5.74, 6) is 0.435. The number of nitro benzene ring substituents is 2. The minimum absolute atomic E-state index is 0.183. The zero-order chi connectivity index (χ0) is 24.8. The minimum Gasteiger partial charge on any atom is -0.312 e. The van der Waals surface area contributed by atoms with Crippen LogP contribution in [0.4, 0.5) is 11.4 Å². The van der Waals surface area contributed by atoms with Gasteiger partial charge in [-0.2, -0.15) is 0 Å². The standard InChI is InChI=1S/C13H16N2O2.C9H10N2O2.C4H6O/c16-15(17)13-5-4-10-6-7-14(9-11(10)8-13)12-2-1-3-12;12-11(13)9-2-1-7-3-4-10-6-8(7)5-9;5-4-2-1-3-4/h4-5,8,12H,1-3,6-7,9H2;1-2,5,10H,3-4,6H2;1-3H2. The third kappa shape index (κ3) is 6.49. The van der Waals surface area contributed by atoms with E-state index in [0.29, 0.717) is 5.78 Å². The summed E-state index contributed by atoms with van der Waals surface area (Å²) in [6.07, 6.45) is 8.76. The number of hydrogen-bond donors (Lipinski definition) is 1. The highest BCUT2D eigenvalue weighted by Crippen LogP contribution is 2.31. The van der Waals surface area contributed by atoms with Gasteiger partial charge in [-0.05, 0) is 60.9 Å². The maximum Gasteiger partial charge on any atom is 0.269 e. The first-order chi connectivity index (χ1) is 16.9. The summed E-state index contributed by atoms with van der Waals surface area (Å²) < 4.78 is 0. The molecule has 35 heavy (non-hydrogen) atoms. The molecule has 0 aromatic heterocycles. The number of nitro groups is 2. The van der Waals surface area contributed by atoms with Crippen molar-refractivity contribution < 1.29 is 14.6 Å². The van der Waals surface area contributed by atoms with Crippen LogP contribution in [0, 0.1) is 20.2 Å². The SMILES string of the molecule is O=C1CCC1.O=[N+]([O-])c1ccc2c(c1)CN(C1CCC1)CC2.O=[N+]([O-])c1ccc2c(c1)CNCC2. The molecule has 186 valence electrons. The molecule has 0 spiro atoms. The van der Waals surface area contributed by atoms with Gasteiger partial charge in [0.15, 0.2) is 0 Å². The molecule has 2 aromatic carbocycles. The predicted octanol–water partition coefficient (Wildman–Crippen LogP) is 4.49. The van der Waals surface area contributed by atoms with Crippen molar-refractivity contribution in [3.8, 4) is 0 Å². The van der Waals surface area contributed by atoms with E-state index in [9.17, 15) is 25.0 Å². The van der Waals surface area contributed by atoms with Gasteiger partial charge in [-0.15, -0.1) is 0 Å². The molecule has 6 rings (SSSR count). The Hall–Kier alpha value is -3.17. The summed E-state index contributed by atoms with van der Waals surface area (Å²) in [4.78, 5) is 33.0. The van der Waals surface area contributed by atoms with Gasteiger partial charge in [-0.1, -0.05) is 18.6 Å². The summed E-state index contributed by atoms with van der Waals surface area (Å²) in [5, 5.41) is 24.4. The summed E-state index contributed by atoms with van der Waals surface area (Å²) in [7, 11) is 0. The van der Waals surface area contributed by atoms with Gasteiger partial charge in [-0.25, -0.2) is 0 Å². The van der Waals surface area contributed by atoms with Gasteiger partial charge in [0, 0.05) is 62.8 Å². The highest BCUT2D eigenvalue weighted by atomic mass is 16.6. The second-order valence-corrected chi connectivity index (χ2v) is 9.54. The Kier molecular flexibility index (Phi) is 8.20. The van der Waals surface area contributed by atoms with E-state index in [1.165, 1.54) is 30.4 Å². The molecule has 4 aliphatic rings. The molecule has 2 aliphatic carbocycles. The Balaban J connectivity index is 0.000000141. The molecule has 2 fully saturated rings. The first kappa shape index (κ1) is 24.9. The minimum atomic E-state index is -0.352. The maximum absolute atomic E-state index is 10.8. The first-order valence-electron chi connectivity index (χ1n) is 12.4. The van der Waals surface area contributed by atoms with Crippen LogP contribution in [0.3, 0.4) is 0 Å². The molecular weight excluding hydrogens is 448 g/mol. The lowest BCUT2D eigenvalue weighted by molar-refractivity contribution is -0.385. The molecule has 2 saturated carbocycles. The van der Waals surface area contributed by atoms with E-state index in [4.69, 9.17) is 0 Å². The Morgan fingerprint density at radius 2 is 1.40 bits per heavy atom. The van der Waals surface area contributed by atoms with Crippen LogP contribution in [0.15, 0.2) is 36.4 Å². The van der Waals surface area contributed by atoms with E-state index >= 15 is 0 Å². The third-order valence-corrected chi connectivity index (χ3v) is 7.23. The molecule has 2 aromatic rings. The fourth-order valence-electron chi connectivity index (χ4n) is 4.64. The van der Waals surface area contributed by atoms with Gasteiger partial charge >= 0.3 is 0 Å². The van der Waals surface area contributed by atoms with Gasteiger partial charge in [0.2, 0.25) is 0 Å². The molecule has 1 N–H and O–H groups in total. The molecular formula is C26H32N4O5. The van der Waals surface area contributed by atoms with Crippen LogP contribution in [0.5, 0.6) is 0 Å². The molecule has 9 nitrogen and oxygen atoms in total. The second-order valence-electron chi connectivity index (χ2n) is 9.54. The molecule has 0 atom stereocenters. The van der Waals surface area contributed by atoms with E-state index in [2.05, 4.69) is 10.2 Å². The molecule has 9 heteroatoms. The number of carbonyl (C=O) groups excluding carboxylic acids is 1. The summed E-state index contributed by atoms with van der Waals surface area (Å²) in [5.41, 5.74) is 5.12. The van der Waals surface area contributed by atoms with Crippen LogP contribution in [-0.4, -0.2) is 39.7 Å². The number of non-ortho nitro benzene ring substituents is 2. The Labute approximate surface area is 204 Å². The van der Waals surface area contributed by atoms with Crippen LogP contribution < -0.4 is 5.32 Å². The number of benzene rings is 2. The normalized spacial score (nSPS) is 18.8. The fraction of sp³-hybridized carbons (Fsp3) is 0.500. The highest BCUT2D eigenvalue weighted by Gasteiger charge is 2.28. The number of nitrogens with one attached hydrogen (secondary N) is 1. The van der Waals surface area contributed by atoms with Gasteiger partial charge in [0.05, 0.1) is 9.85 Å². The fourth-order valence-corrected chi connectivity index (χ4v) is 4.64. The predicted molar refractivity (Wildman–Crippen MR) is 132 cm³/mol. The molecule has 2 aliphatic heterocycles. The van der Waals surface area contributed by atoms with Crippen molar-refractivity contribution in [1.29, 1.82) is 0 Å². The van der Waals surface area contributed by atoms with Gasteiger partial charge in [0.1, 0.15) is 5.78 Å². The first-order valence-corrected chi connectivity index (χ1v) is 12.4. The lowest BCUT2D eigenvalue weighted by Gasteiger charge is -2.40. The van der Waals surface area contributed by atoms with Crippen molar-refractivity contribution in [2.45, 2.75) is 70.5 Å². The van der Waals surface area contributed by atoms with Crippen molar-refractivity contribution in [3.05, 3.63) is 78.9 Å². The smallest absolute Gasteiger partial charge is 0.269 e. The van der Waals surface area contributed by atoms with E-state index in [-0.39, 0.29) is 21.2 Å².